The summed E-state index contributed by atoms with van der Waals surface area (Å²) in [5, 5.41) is 0.704. The van der Waals surface area contributed by atoms with Gasteiger partial charge in [-0.25, -0.2) is 15.0 Å². The van der Waals surface area contributed by atoms with Gasteiger partial charge >= 0.3 is 0 Å². The first-order chi connectivity index (χ1) is 28.0. The highest BCUT2D eigenvalue weighted by molar-refractivity contribution is 6.10. The molecule has 0 aliphatic carbocycles. The first kappa shape index (κ1) is 20.6. The van der Waals surface area contributed by atoms with Crippen LogP contribution in [0.4, 0.5) is 0 Å². The normalized spacial score (nSPS) is 13.8. The molecular formula is C45H30N4. The number of benzene rings is 7. The molecular weight excluding hydrogens is 597 g/mol. The van der Waals surface area contributed by atoms with Crippen molar-refractivity contribution < 1.29 is 12.3 Å². The zero-order valence-corrected chi connectivity index (χ0v) is 25.9. The molecule has 4 heteroatoms. The largest absolute Gasteiger partial charge is 0.309 e. The molecule has 0 unspecified atom stereocenters. The van der Waals surface area contributed by atoms with E-state index in [9.17, 15) is 0 Å². The Morgan fingerprint density at radius 1 is 0.367 bits per heavy atom. The maximum Gasteiger partial charge on any atom is 0.164 e. The minimum atomic E-state index is -0.500. The Morgan fingerprint density at radius 3 is 1.57 bits per heavy atom. The molecule has 2 aromatic heterocycles. The number of hydrogen-bond donors (Lipinski definition) is 0. The van der Waals surface area contributed by atoms with Crippen molar-refractivity contribution in [1.82, 2.24) is 19.5 Å². The average Bonchev–Trinajstić information content (AvgIpc) is 3.61. The topological polar surface area (TPSA) is 43.6 Å². The van der Waals surface area contributed by atoms with Crippen molar-refractivity contribution >= 4 is 21.8 Å². The second kappa shape index (κ2) is 12.2. The van der Waals surface area contributed by atoms with E-state index in [-0.39, 0.29) is 46.7 Å². The molecule has 230 valence electrons. The lowest BCUT2D eigenvalue weighted by atomic mass is 10.0. The van der Waals surface area contributed by atoms with Crippen LogP contribution in [0.15, 0.2) is 182 Å². The van der Waals surface area contributed by atoms with Gasteiger partial charge in [0.2, 0.25) is 0 Å². The van der Waals surface area contributed by atoms with Gasteiger partial charge < -0.3 is 4.57 Å². The molecule has 4 nitrogen and oxygen atoms in total. The van der Waals surface area contributed by atoms with Crippen LogP contribution in [0.25, 0.3) is 83.9 Å². The van der Waals surface area contributed by atoms with E-state index in [4.69, 9.17) is 27.3 Å². The second-order valence-corrected chi connectivity index (χ2v) is 11.5. The smallest absolute Gasteiger partial charge is 0.164 e. The first-order valence-corrected chi connectivity index (χ1v) is 15.7. The highest BCUT2D eigenvalue weighted by Gasteiger charge is 2.15. The van der Waals surface area contributed by atoms with Crippen LogP contribution in [-0.4, -0.2) is 19.5 Å². The maximum atomic E-state index is 9.02. The lowest BCUT2D eigenvalue weighted by Crippen LogP contribution is -2.00. The Morgan fingerprint density at radius 2 is 0.898 bits per heavy atom. The van der Waals surface area contributed by atoms with Crippen LogP contribution in [0.5, 0.6) is 0 Å². The van der Waals surface area contributed by atoms with E-state index in [2.05, 4.69) is 0 Å². The summed E-state index contributed by atoms with van der Waals surface area (Å²) in [5.74, 6) is 1.65. The summed E-state index contributed by atoms with van der Waals surface area (Å²) in [6.45, 7) is 0. The van der Waals surface area contributed by atoms with E-state index in [1.807, 2.05) is 109 Å². The zero-order chi connectivity index (χ0) is 40.4. The number of rotatable bonds is 6. The van der Waals surface area contributed by atoms with Gasteiger partial charge in [-0.3, -0.25) is 0 Å². The van der Waals surface area contributed by atoms with Crippen molar-refractivity contribution in [3.8, 4) is 62.1 Å². The fraction of sp³-hybridized carbons (Fsp3) is 0. The van der Waals surface area contributed by atoms with Gasteiger partial charge in [0.25, 0.3) is 0 Å². The molecule has 0 fully saturated rings. The van der Waals surface area contributed by atoms with Crippen LogP contribution < -0.4 is 0 Å². The molecule has 0 spiro atoms. The number of hydrogen-bond acceptors (Lipinski definition) is 3. The Balaban J connectivity index is 1.17. The van der Waals surface area contributed by atoms with Gasteiger partial charge in [-0.05, 0) is 52.6 Å². The monoisotopic (exact) mass is 635 g/mol. The van der Waals surface area contributed by atoms with Crippen molar-refractivity contribution in [1.29, 1.82) is 0 Å². The van der Waals surface area contributed by atoms with Crippen LogP contribution in [0.2, 0.25) is 0 Å². The molecule has 0 N–H and O–H groups in total. The molecule has 9 aromatic rings. The fourth-order valence-electron chi connectivity index (χ4n) is 6.11. The third-order valence-electron chi connectivity index (χ3n) is 8.47. The minimum Gasteiger partial charge on any atom is -0.309 e. The molecule has 0 radical (unpaired) electrons. The summed E-state index contributed by atoms with van der Waals surface area (Å²) in [7, 11) is 0. The van der Waals surface area contributed by atoms with Crippen LogP contribution in [-0.2, 0) is 0 Å². The summed E-state index contributed by atoms with van der Waals surface area (Å²) in [6.07, 6.45) is 0. The Kier molecular flexibility index (Phi) is 5.11. The Bertz CT molecular complexity index is 3010. The zero-order valence-electron chi connectivity index (χ0n) is 34.9. The van der Waals surface area contributed by atoms with Crippen LogP contribution in [0, 0.1) is 0 Å². The Hall–Kier alpha value is -6.65. The number of fused-ring (bicyclic) bond motifs is 3. The van der Waals surface area contributed by atoms with Gasteiger partial charge in [0, 0.05) is 33.2 Å². The molecule has 0 saturated carbocycles. The molecule has 49 heavy (non-hydrogen) atoms. The van der Waals surface area contributed by atoms with Crippen LogP contribution in [0.1, 0.15) is 12.3 Å². The first-order valence-electron chi connectivity index (χ1n) is 20.2. The second-order valence-electron chi connectivity index (χ2n) is 11.5. The van der Waals surface area contributed by atoms with Crippen LogP contribution in [0.3, 0.4) is 0 Å². The lowest BCUT2D eigenvalue weighted by molar-refractivity contribution is 1.07. The van der Waals surface area contributed by atoms with Crippen molar-refractivity contribution in [3.63, 3.8) is 0 Å². The van der Waals surface area contributed by atoms with Gasteiger partial charge in [0.05, 0.1) is 23.4 Å². The van der Waals surface area contributed by atoms with Crippen molar-refractivity contribution in [2.24, 2.45) is 0 Å². The molecule has 0 bridgehead atoms. The standard InChI is InChI=1S/C45H30N4/c1-4-13-31(14-5-1)37-27-28-42-40(30-37)39-21-10-11-22-41(39)49(42)38-20-12-19-36(29-38)32-23-25-35(26-24-32)45-47-43(33-15-6-2-7-16-33)46-44(48-45)34-17-8-3-9-18-34/h1-30H/i1D,4D,5D,10D,11D,13D,14D,21D,22D. The quantitative estimate of drug-likeness (QED) is 0.183. The fourth-order valence-corrected chi connectivity index (χ4v) is 6.11. The Labute approximate surface area is 297 Å². The van der Waals surface area contributed by atoms with E-state index in [0.717, 1.165) is 27.8 Å². The van der Waals surface area contributed by atoms with Crippen molar-refractivity contribution in [2.75, 3.05) is 0 Å². The number of para-hydroxylation sites is 1. The molecule has 9 rings (SSSR count). The summed E-state index contributed by atoms with van der Waals surface area (Å²) < 4.78 is 78.4. The van der Waals surface area contributed by atoms with Gasteiger partial charge in [-0.2, -0.15) is 0 Å². The molecule has 2 heterocycles. The van der Waals surface area contributed by atoms with Gasteiger partial charge in [-0.1, -0.05) is 151 Å². The maximum absolute atomic E-state index is 9.02. The minimum absolute atomic E-state index is 0.00447. The third kappa shape index (κ3) is 5.35. The summed E-state index contributed by atoms with van der Waals surface area (Å²) in [5.41, 5.74) is 6.06. The summed E-state index contributed by atoms with van der Waals surface area (Å²) >= 11 is 0. The lowest BCUT2D eigenvalue weighted by Gasteiger charge is -2.11. The van der Waals surface area contributed by atoms with E-state index in [1.165, 1.54) is 0 Å². The third-order valence-corrected chi connectivity index (χ3v) is 8.47. The molecule has 0 aliphatic heterocycles. The SMILES string of the molecule is [2H]c1c([2H])c([2H])c(-c2ccc3c(c2)c2c([2H])c([2H])c([2H])c([2H])c2n3-c2cccc(-c3ccc(-c4nc(-c5ccccc5)nc(-c5ccccc5)n4)cc3)c2)c([2H])c1[2H]. The van der Waals surface area contributed by atoms with Gasteiger partial charge in [0.15, 0.2) is 17.5 Å². The van der Waals surface area contributed by atoms with Gasteiger partial charge in [-0.15, -0.1) is 0 Å². The number of aromatic nitrogens is 4. The average molecular weight is 636 g/mol. The van der Waals surface area contributed by atoms with E-state index in [0.29, 0.717) is 39.6 Å². The van der Waals surface area contributed by atoms with Gasteiger partial charge in [0.1, 0.15) is 0 Å². The summed E-state index contributed by atoms with van der Waals surface area (Å²) in [6, 6.07) is 36.7. The molecule has 7 aromatic carbocycles. The summed E-state index contributed by atoms with van der Waals surface area (Å²) in [4.78, 5) is 14.5. The highest BCUT2D eigenvalue weighted by Crippen LogP contribution is 2.36. The molecule has 0 atom stereocenters. The van der Waals surface area contributed by atoms with Crippen LogP contribution >= 0.6 is 0 Å². The number of nitrogens with zero attached hydrogens (tertiary/aromatic N) is 4. The van der Waals surface area contributed by atoms with E-state index in [1.54, 1.807) is 22.8 Å². The predicted molar refractivity (Wildman–Crippen MR) is 201 cm³/mol. The molecule has 0 saturated heterocycles. The van der Waals surface area contributed by atoms with Crippen molar-refractivity contribution in [3.05, 3.63) is 182 Å². The van der Waals surface area contributed by atoms with Crippen molar-refractivity contribution in [2.45, 2.75) is 0 Å². The highest BCUT2D eigenvalue weighted by atomic mass is 15.0. The molecule has 0 aliphatic rings. The predicted octanol–water partition coefficient (Wildman–Crippen LogP) is 11.3. The molecule has 0 amide bonds. The van der Waals surface area contributed by atoms with E-state index < -0.39 is 24.2 Å². The van der Waals surface area contributed by atoms with E-state index >= 15 is 0 Å².